The molecular formula is C13H26O5. The quantitative estimate of drug-likeness (QED) is 0.520. The predicted octanol–water partition coefficient (Wildman–Crippen LogP) is 0.0468. The van der Waals surface area contributed by atoms with Crippen molar-refractivity contribution < 1.29 is 25.2 Å². The van der Waals surface area contributed by atoms with Crippen LogP contribution >= 0.6 is 0 Å². The lowest BCUT2D eigenvalue weighted by Crippen LogP contribution is -2.38. The highest BCUT2D eigenvalue weighted by Gasteiger charge is 2.30. The Bertz CT molecular complexity index is 223. The summed E-state index contributed by atoms with van der Waals surface area (Å²) in [5.41, 5.74) is 0. The van der Waals surface area contributed by atoms with Gasteiger partial charge in [0, 0.05) is 13.0 Å². The predicted molar refractivity (Wildman–Crippen MR) is 67.1 cm³/mol. The van der Waals surface area contributed by atoms with E-state index in [1.165, 1.54) is 0 Å². The molecule has 1 rings (SSSR count). The first-order valence-corrected chi connectivity index (χ1v) is 6.80. The van der Waals surface area contributed by atoms with Gasteiger partial charge in [-0.2, -0.15) is 0 Å². The van der Waals surface area contributed by atoms with E-state index >= 15 is 0 Å². The molecule has 5 atom stereocenters. The van der Waals surface area contributed by atoms with Gasteiger partial charge in [-0.05, 0) is 31.6 Å². The fourth-order valence-corrected chi connectivity index (χ4v) is 2.46. The zero-order chi connectivity index (χ0) is 13.5. The van der Waals surface area contributed by atoms with Crippen molar-refractivity contribution in [2.45, 2.75) is 63.4 Å². The number of hydrogen-bond donors (Lipinski definition) is 4. The van der Waals surface area contributed by atoms with E-state index in [-0.39, 0.29) is 25.4 Å². The molecule has 1 heterocycles. The minimum atomic E-state index is -0.737. The maximum absolute atomic E-state index is 9.65. The van der Waals surface area contributed by atoms with Gasteiger partial charge in [-0.25, -0.2) is 0 Å². The van der Waals surface area contributed by atoms with Crippen LogP contribution in [-0.4, -0.2) is 58.1 Å². The minimum Gasteiger partial charge on any atom is -0.396 e. The number of hydrogen-bond acceptors (Lipinski definition) is 5. The molecule has 0 radical (unpaired) electrons. The van der Waals surface area contributed by atoms with E-state index in [1.807, 2.05) is 0 Å². The lowest BCUT2D eigenvalue weighted by atomic mass is 9.88. The molecule has 0 aromatic carbocycles. The van der Waals surface area contributed by atoms with Gasteiger partial charge in [-0.15, -0.1) is 0 Å². The van der Waals surface area contributed by atoms with Crippen LogP contribution in [0.1, 0.15) is 39.0 Å². The van der Waals surface area contributed by atoms with Crippen LogP contribution in [0, 0.1) is 5.92 Å². The highest BCUT2D eigenvalue weighted by Crippen LogP contribution is 2.29. The van der Waals surface area contributed by atoms with Gasteiger partial charge >= 0.3 is 0 Å². The van der Waals surface area contributed by atoms with E-state index in [0.717, 1.165) is 12.8 Å². The van der Waals surface area contributed by atoms with Gasteiger partial charge in [0.1, 0.15) is 0 Å². The van der Waals surface area contributed by atoms with E-state index in [0.29, 0.717) is 25.2 Å². The molecule has 5 unspecified atom stereocenters. The first-order valence-electron chi connectivity index (χ1n) is 6.80. The van der Waals surface area contributed by atoms with Gasteiger partial charge in [0.05, 0.1) is 31.0 Å². The van der Waals surface area contributed by atoms with Crippen molar-refractivity contribution in [3.05, 3.63) is 0 Å². The zero-order valence-electron chi connectivity index (χ0n) is 11.0. The molecule has 0 saturated carbocycles. The Morgan fingerprint density at radius 1 is 1.11 bits per heavy atom. The van der Waals surface area contributed by atoms with Gasteiger partial charge < -0.3 is 25.2 Å². The summed E-state index contributed by atoms with van der Waals surface area (Å²) >= 11 is 0. The van der Waals surface area contributed by atoms with Crippen LogP contribution in [0.3, 0.4) is 0 Å². The van der Waals surface area contributed by atoms with Crippen molar-refractivity contribution in [2.75, 3.05) is 13.2 Å². The second-order valence-corrected chi connectivity index (χ2v) is 5.33. The first kappa shape index (κ1) is 15.9. The van der Waals surface area contributed by atoms with Crippen LogP contribution in [-0.2, 0) is 4.74 Å². The van der Waals surface area contributed by atoms with Crippen molar-refractivity contribution in [3.63, 3.8) is 0 Å². The zero-order valence-corrected chi connectivity index (χ0v) is 11.0. The SMILES string of the molecule is CC1CCC(CC(O)CCO)OC1CC(O)CO. The topological polar surface area (TPSA) is 90.2 Å². The van der Waals surface area contributed by atoms with E-state index < -0.39 is 12.2 Å². The standard InChI is InChI=1S/C13H26O5/c1-9-2-3-12(6-10(16)4-5-14)18-13(9)7-11(17)8-15/h9-17H,2-8H2,1H3. The molecular weight excluding hydrogens is 236 g/mol. The third-order valence-corrected chi connectivity index (χ3v) is 3.66. The molecule has 0 spiro atoms. The van der Waals surface area contributed by atoms with E-state index in [1.54, 1.807) is 0 Å². The highest BCUT2D eigenvalue weighted by atomic mass is 16.5. The molecule has 1 saturated heterocycles. The average molecular weight is 262 g/mol. The molecule has 1 aliphatic rings. The molecule has 18 heavy (non-hydrogen) atoms. The molecule has 5 nitrogen and oxygen atoms in total. The monoisotopic (exact) mass is 262 g/mol. The number of ether oxygens (including phenoxy) is 1. The molecule has 1 fully saturated rings. The Labute approximate surface area is 108 Å². The van der Waals surface area contributed by atoms with Crippen LogP contribution < -0.4 is 0 Å². The lowest BCUT2D eigenvalue weighted by Gasteiger charge is -2.36. The van der Waals surface area contributed by atoms with Gasteiger partial charge in [-0.3, -0.25) is 0 Å². The van der Waals surface area contributed by atoms with E-state index in [2.05, 4.69) is 6.92 Å². The maximum Gasteiger partial charge on any atom is 0.0795 e. The largest absolute Gasteiger partial charge is 0.396 e. The molecule has 4 N–H and O–H groups in total. The molecule has 1 aliphatic heterocycles. The number of rotatable bonds is 7. The van der Waals surface area contributed by atoms with Crippen LogP contribution in [0.2, 0.25) is 0 Å². The Morgan fingerprint density at radius 2 is 1.83 bits per heavy atom. The molecule has 108 valence electrons. The summed E-state index contributed by atoms with van der Waals surface area (Å²) in [6.45, 7) is 1.82. The van der Waals surface area contributed by atoms with Crippen molar-refractivity contribution in [1.82, 2.24) is 0 Å². The van der Waals surface area contributed by atoms with Crippen molar-refractivity contribution in [2.24, 2.45) is 5.92 Å². The normalized spacial score (nSPS) is 32.2. The van der Waals surface area contributed by atoms with Crippen LogP contribution in [0.15, 0.2) is 0 Å². The van der Waals surface area contributed by atoms with Gasteiger partial charge in [-0.1, -0.05) is 6.92 Å². The summed E-state index contributed by atoms with van der Waals surface area (Å²) < 4.78 is 5.88. The Hall–Kier alpha value is -0.200. The van der Waals surface area contributed by atoms with E-state index in [9.17, 15) is 10.2 Å². The first-order chi connectivity index (χ1) is 8.56. The average Bonchev–Trinajstić information content (AvgIpc) is 2.33. The molecule has 0 aromatic heterocycles. The minimum absolute atomic E-state index is 0.0151. The van der Waals surface area contributed by atoms with Crippen molar-refractivity contribution >= 4 is 0 Å². The van der Waals surface area contributed by atoms with Gasteiger partial charge in [0.25, 0.3) is 0 Å². The maximum atomic E-state index is 9.65. The molecule has 0 aliphatic carbocycles. The summed E-state index contributed by atoms with van der Waals surface area (Å²) in [6, 6.07) is 0. The summed E-state index contributed by atoms with van der Waals surface area (Å²) in [5.74, 6) is 0.359. The number of aliphatic hydroxyl groups excluding tert-OH is 4. The molecule has 5 heteroatoms. The Kier molecular flexibility index (Phi) is 7.11. The third-order valence-electron chi connectivity index (χ3n) is 3.66. The van der Waals surface area contributed by atoms with Crippen LogP contribution in [0.4, 0.5) is 0 Å². The summed E-state index contributed by atoms with van der Waals surface area (Å²) in [4.78, 5) is 0. The molecule has 0 aromatic rings. The molecule has 0 amide bonds. The number of aliphatic hydroxyl groups is 4. The van der Waals surface area contributed by atoms with Gasteiger partial charge in [0.15, 0.2) is 0 Å². The highest BCUT2D eigenvalue weighted by molar-refractivity contribution is 4.80. The Morgan fingerprint density at radius 3 is 2.44 bits per heavy atom. The lowest BCUT2D eigenvalue weighted by molar-refractivity contribution is -0.112. The van der Waals surface area contributed by atoms with Crippen LogP contribution in [0.25, 0.3) is 0 Å². The van der Waals surface area contributed by atoms with Crippen molar-refractivity contribution in [3.8, 4) is 0 Å². The van der Waals surface area contributed by atoms with Gasteiger partial charge in [0.2, 0.25) is 0 Å². The summed E-state index contributed by atoms with van der Waals surface area (Å²) in [7, 11) is 0. The third kappa shape index (κ3) is 5.20. The Balaban J connectivity index is 2.39. The second-order valence-electron chi connectivity index (χ2n) is 5.33. The fraction of sp³-hybridized carbons (Fsp3) is 1.00. The molecule has 0 bridgehead atoms. The summed E-state index contributed by atoms with van der Waals surface area (Å²) in [5, 5.41) is 36.7. The summed E-state index contributed by atoms with van der Waals surface area (Å²) in [6.07, 6.45) is 1.89. The van der Waals surface area contributed by atoms with E-state index in [4.69, 9.17) is 14.9 Å². The van der Waals surface area contributed by atoms with Crippen LogP contribution in [0.5, 0.6) is 0 Å². The fourth-order valence-electron chi connectivity index (χ4n) is 2.46. The second kappa shape index (κ2) is 8.07. The smallest absolute Gasteiger partial charge is 0.0795 e. The van der Waals surface area contributed by atoms with Crippen molar-refractivity contribution in [1.29, 1.82) is 0 Å².